The summed E-state index contributed by atoms with van der Waals surface area (Å²) in [5, 5.41) is 0. The first-order valence-electron chi connectivity index (χ1n) is 11.1. The Bertz CT molecular complexity index is 938. The van der Waals surface area contributed by atoms with Crippen molar-refractivity contribution in [3.63, 3.8) is 0 Å². The van der Waals surface area contributed by atoms with Gasteiger partial charge in [-0.05, 0) is 36.6 Å². The first kappa shape index (κ1) is 23.5. The van der Waals surface area contributed by atoms with Crippen molar-refractivity contribution in [2.24, 2.45) is 0 Å². The van der Waals surface area contributed by atoms with Crippen molar-refractivity contribution in [3.05, 3.63) is 77.0 Å². The molecule has 1 aliphatic rings. The number of esters is 1. The van der Waals surface area contributed by atoms with Gasteiger partial charge in [-0.15, -0.1) is 0 Å². The fourth-order valence-corrected chi connectivity index (χ4v) is 3.90. The molecule has 0 bridgehead atoms. The van der Waals surface area contributed by atoms with Gasteiger partial charge in [-0.3, -0.25) is 9.69 Å². The van der Waals surface area contributed by atoms with Crippen LogP contribution in [-0.4, -0.2) is 48.5 Å². The number of carbonyl (C=O) groups excluding carboxylic acids is 2. The average Bonchev–Trinajstić information content (AvgIpc) is 2.83. The molecule has 0 radical (unpaired) electrons. The third-order valence-electron chi connectivity index (χ3n) is 5.60. The molecule has 0 saturated carbocycles. The second-order valence-corrected chi connectivity index (χ2v) is 7.77. The van der Waals surface area contributed by atoms with Crippen LogP contribution >= 0.6 is 0 Å². The Morgan fingerprint density at radius 1 is 1.00 bits per heavy atom. The number of rotatable bonds is 9. The Balaban J connectivity index is 1.92. The zero-order valence-electron chi connectivity index (χ0n) is 19.2. The number of methoxy groups -OCH3 is 1. The van der Waals surface area contributed by atoms with E-state index >= 15 is 0 Å². The van der Waals surface area contributed by atoms with Crippen molar-refractivity contribution in [2.45, 2.75) is 39.8 Å². The van der Waals surface area contributed by atoms with Crippen LogP contribution in [0.15, 0.2) is 65.9 Å². The average molecular weight is 437 g/mol. The van der Waals surface area contributed by atoms with Crippen LogP contribution in [0.1, 0.15) is 37.8 Å². The number of hydrogen-bond donors (Lipinski definition) is 0. The van der Waals surface area contributed by atoms with E-state index < -0.39 is 0 Å². The fourth-order valence-electron chi connectivity index (χ4n) is 3.90. The summed E-state index contributed by atoms with van der Waals surface area (Å²) in [6.07, 6.45) is 0.908. The fraction of sp³-hybridized carbons (Fsp3) is 0.385. The van der Waals surface area contributed by atoms with Crippen LogP contribution in [0.25, 0.3) is 0 Å². The Hall–Kier alpha value is -3.12. The summed E-state index contributed by atoms with van der Waals surface area (Å²) in [6, 6.07) is 17.9. The van der Waals surface area contributed by atoms with E-state index in [4.69, 9.17) is 9.47 Å². The number of carbonyl (C=O) groups is 2. The maximum Gasteiger partial charge on any atom is 0.335 e. The van der Waals surface area contributed by atoms with E-state index in [0.29, 0.717) is 38.1 Å². The number of ether oxygens (including phenoxy) is 2. The SMILES string of the molecule is CCOC(=O)C1=C(N(Cc2ccc(OC)cc2)C(=O)CC)CN(Cc2ccccc2)CC1. The largest absolute Gasteiger partial charge is 0.497 e. The molecule has 0 fully saturated rings. The molecular weight excluding hydrogens is 404 g/mol. The van der Waals surface area contributed by atoms with Crippen LogP contribution in [0.2, 0.25) is 0 Å². The van der Waals surface area contributed by atoms with Gasteiger partial charge in [0.25, 0.3) is 0 Å². The van der Waals surface area contributed by atoms with Gasteiger partial charge in [-0.2, -0.15) is 0 Å². The molecule has 0 spiro atoms. The van der Waals surface area contributed by atoms with E-state index in [1.807, 2.05) is 49.4 Å². The summed E-state index contributed by atoms with van der Waals surface area (Å²) in [7, 11) is 1.63. The van der Waals surface area contributed by atoms with E-state index in [-0.39, 0.29) is 11.9 Å². The zero-order valence-corrected chi connectivity index (χ0v) is 19.2. The zero-order chi connectivity index (χ0) is 22.9. The molecule has 0 unspecified atom stereocenters. The van der Waals surface area contributed by atoms with Crippen molar-refractivity contribution < 1.29 is 19.1 Å². The highest BCUT2D eigenvalue weighted by Crippen LogP contribution is 2.26. The Morgan fingerprint density at radius 3 is 2.34 bits per heavy atom. The highest BCUT2D eigenvalue weighted by molar-refractivity contribution is 5.91. The van der Waals surface area contributed by atoms with E-state index in [1.165, 1.54) is 5.56 Å². The molecule has 0 aromatic heterocycles. The van der Waals surface area contributed by atoms with Gasteiger partial charge < -0.3 is 14.4 Å². The molecule has 32 heavy (non-hydrogen) atoms. The van der Waals surface area contributed by atoms with Crippen LogP contribution in [0.3, 0.4) is 0 Å². The van der Waals surface area contributed by atoms with Crippen LogP contribution < -0.4 is 4.74 Å². The van der Waals surface area contributed by atoms with Gasteiger partial charge in [0.15, 0.2) is 0 Å². The van der Waals surface area contributed by atoms with Crippen molar-refractivity contribution in [3.8, 4) is 5.75 Å². The molecule has 0 aliphatic carbocycles. The van der Waals surface area contributed by atoms with Gasteiger partial charge in [-0.25, -0.2) is 4.79 Å². The summed E-state index contributed by atoms with van der Waals surface area (Å²) in [5.41, 5.74) is 3.53. The quantitative estimate of drug-likeness (QED) is 0.553. The third-order valence-corrected chi connectivity index (χ3v) is 5.60. The summed E-state index contributed by atoms with van der Waals surface area (Å²) < 4.78 is 10.6. The minimum atomic E-state index is -0.328. The van der Waals surface area contributed by atoms with Crippen molar-refractivity contribution in [1.29, 1.82) is 0 Å². The number of benzene rings is 2. The Morgan fingerprint density at radius 2 is 1.72 bits per heavy atom. The molecule has 1 aliphatic heterocycles. The topological polar surface area (TPSA) is 59.1 Å². The summed E-state index contributed by atoms with van der Waals surface area (Å²) >= 11 is 0. The van der Waals surface area contributed by atoms with E-state index in [0.717, 1.165) is 30.1 Å². The highest BCUT2D eigenvalue weighted by atomic mass is 16.5. The van der Waals surface area contributed by atoms with Crippen LogP contribution in [-0.2, 0) is 27.4 Å². The van der Waals surface area contributed by atoms with Gasteiger partial charge in [-0.1, -0.05) is 49.4 Å². The van der Waals surface area contributed by atoms with Crippen LogP contribution in [0.4, 0.5) is 0 Å². The molecule has 170 valence electrons. The summed E-state index contributed by atoms with van der Waals surface area (Å²) in [4.78, 5) is 29.8. The lowest BCUT2D eigenvalue weighted by molar-refractivity contribution is -0.139. The molecule has 3 rings (SSSR count). The molecule has 2 aromatic rings. The lowest BCUT2D eigenvalue weighted by Crippen LogP contribution is -2.41. The highest BCUT2D eigenvalue weighted by Gasteiger charge is 2.30. The minimum Gasteiger partial charge on any atom is -0.497 e. The smallest absolute Gasteiger partial charge is 0.335 e. The van der Waals surface area contributed by atoms with E-state index in [1.54, 1.807) is 18.9 Å². The van der Waals surface area contributed by atoms with Gasteiger partial charge >= 0.3 is 5.97 Å². The normalized spacial score (nSPS) is 14.2. The minimum absolute atomic E-state index is 0.0147. The molecule has 6 heteroatoms. The van der Waals surface area contributed by atoms with Gasteiger partial charge in [0.05, 0.1) is 25.8 Å². The second kappa shape index (κ2) is 11.5. The molecule has 2 aromatic carbocycles. The van der Waals surface area contributed by atoms with E-state index in [2.05, 4.69) is 17.0 Å². The van der Waals surface area contributed by atoms with Crippen molar-refractivity contribution in [2.75, 3.05) is 26.8 Å². The van der Waals surface area contributed by atoms with Crippen LogP contribution in [0.5, 0.6) is 5.75 Å². The van der Waals surface area contributed by atoms with Crippen molar-refractivity contribution in [1.82, 2.24) is 9.80 Å². The first-order chi connectivity index (χ1) is 15.5. The predicted molar refractivity (Wildman–Crippen MR) is 124 cm³/mol. The molecule has 1 amide bonds. The standard InChI is InChI=1S/C26H32N2O4/c1-4-25(29)28(18-21-11-13-22(31-3)14-12-21)24-19-27(17-20-9-7-6-8-10-20)16-15-23(24)26(30)32-5-2/h6-14H,4-5,15-19H2,1-3H3. The first-order valence-corrected chi connectivity index (χ1v) is 11.1. The maximum atomic E-state index is 13.0. The molecule has 0 atom stereocenters. The number of nitrogens with zero attached hydrogens (tertiary/aromatic N) is 2. The predicted octanol–water partition coefficient (Wildman–Crippen LogP) is 4.16. The lowest BCUT2D eigenvalue weighted by atomic mass is 10.0. The molecule has 0 saturated heterocycles. The summed E-state index contributed by atoms with van der Waals surface area (Å²) in [5.74, 6) is 0.421. The van der Waals surface area contributed by atoms with Crippen LogP contribution in [0, 0.1) is 0 Å². The lowest BCUT2D eigenvalue weighted by Gasteiger charge is -2.36. The molecular formula is C26H32N2O4. The second-order valence-electron chi connectivity index (χ2n) is 7.77. The van der Waals surface area contributed by atoms with Gasteiger partial charge in [0, 0.05) is 31.8 Å². The van der Waals surface area contributed by atoms with Gasteiger partial charge in [0.2, 0.25) is 5.91 Å². The summed E-state index contributed by atoms with van der Waals surface area (Å²) in [6.45, 7) is 6.37. The van der Waals surface area contributed by atoms with Gasteiger partial charge in [0.1, 0.15) is 5.75 Å². The number of amides is 1. The third kappa shape index (κ3) is 5.98. The number of hydrogen-bond acceptors (Lipinski definition) is 5. The maximum absolute atomic E-state index is 13.0. The monoisotopic (exact) mass is 436 g/mol. The Labute approximate surface area is 190 Å². The molecule has 6 nitrogen and oxygen atoms in total. The Kier molecular flexibility index (Phi) is 8.45. The van der Waals surface area contributed by atoms with Crippen molar-refractivity contribution >= 4 is 11.9 Å². The van der Waals surface area contributed by atoms with E-state index in [9.17, 15) is 9.59 Å². The molecule has 0 N–H and O–H groups in total. The molecule has 1 heterocycles.